The zero-order chi connectivity index (χ0) is 23.0. The number of sulfonamides is 1. The fourth-order valence-corrected chi connectivity index (χ4v) is 5.47. The van der Waals surface area contributed by atoms with Crippen molar-refractivity contribution in [1.82, 2.24) is 0 Å². The fourth-order valence-electron chi connectivity index (χ4n) is 4.01. The first kappa shape index (κ1) is 21.3. The van der Waals surface area contributed by atoms with E-state index < -0.39 is 15.8 Å². The number of halogens is 1. The Morgan fingerprint density at radius 1 is 0.970 bits per heavy atom. The van der Waals surface area contributed by atoms with Crippen LogP contribution in [0.5, 0.6) is 11.5 Å². The molecule has 0 aromatic heterocycles. The molecule has 170 valence electrons. The first-order valence-corrected chi connectivity index (χ1v) is 11.9. The summed E-state index contributed by atoms with van der Waals surface area (Å²) in [7, 11) is -4.12. The van der Waals surface area contributed by atoms with Gasteiger partial charge in [0.15, 0.2) is 11.5 Å². The number of anilines is 2. The lowest BCUT2D eigenvalue weighted by Gasteiger charge is -2.25. The first-order chi connectivity index (χ1) is 15.9. The topological polar surface area (TPSA) is 76.2 Å². The van der Waals surface area contributed by atoms with Crippen LogP contribution in [-0.2, 0) is 21.4 Å². The van der Waals surface area contributed by atoms with E-state index in [2.05, 4.69) is 0 Å². The molecule has 1 amide bonds. The van der Waals surface area contributed by atoms with Gasteiger partial charge in [0.25, 0.3) is 10.0 Å². The van der Waals surface area contributed by atoms with E-state index in [9.17, 15) is 17.6 Å². The average molecular weight is 469 g/mol. The summed E-state index contributed by atoms with van der Waals surface area (Å²) in [5.41, 5.74) is 1.20. The number of hydrogen-bond donors (Lipinski definition) is 0. The van der Waals surface area contributed by atoms with Gasteiger partial charge in [0.05, 0.1) is 17.1 Å². The minimum atomic E-state index is -4.12. The first-order valence-electron chi connectivity index (χ1n) is 10.5. The highest BCUT2D eigenvalue weighted by Gasteiger charge is 2.29. The summed E-state index contributed by atoms with van der Waals surface area (Å²) in [4.78, 5) is 13.6. The monoisotopic (exact) mass is 468 g/mol. The lowest BCUT2D eigenvalue weighted by Crippen LogP contribution is -2.31. The molecule has 2 heterocycles. The maximum absolute atomic E-state index is 14.7. The van der Waals surface area contributed by atoms with Crippen LogP contribution in [-0.4, -0.2) is 27.7 Å². The summed E-state index contributed by atoms with van der Waals surface area (Å²) in [6.07, 6.45) is 1.26. The molecular formula is C24H21FN2O5S. The van der Waals surface area contributed by atoms with Crippen molar-refractivity contribution in [2.75, 3.05) is 22.5 Å². The van der Waals surface area contributed by atoms with Gasteiger partial charge >= 0.3 is 0 Å². The third kappa shape index (κ3) is 4.00. The molecule has 1 fully saturated rings. The number of carbonyl (C=O) groups is 1. The molecule has 5 rings (SSSR count). The average Bonchev–Trinajstić information content (AvgIpc) is 3.46. The van der Waals surface area contributed by atoms with Crippen LogP contribution in [0.15, 0.2) is 71.6 Å². The predicted octanol–water partition coefficient (Wildman–Crippen LogP) is 4.08. The summed E-state index contributed by atoms with van der Waals surface area (Å²) in [6.45, 7) is 0.600. The minimum Gasteiger partial charge on any atom is -0.454 e. The van der Waals surface area contributed by atoms with Crippen LogP contribution >= 0.6 is 0 Å². The Morgan fingerprint density at radius 3 is 2.45 bits per heavy atom. The third-order valence-electron chi connectivity index (χ3n) is 5.69. The van der Waals surface area contributed by atoms with Gasteiger partial charge in [-0.1, -0.05) is 18.2 Å². The van der Waals surface area contributed by atoms with E-state index in [-0.39, 0.29) is 29.8 Å². The molecule has 2 aliphatic rings. The van der Waals surface area contributed by atoms with Gasteiger partial charge in [-0.25, -0.2) is 12.8 Å². The predicted molar refractivity (Wildman–Crippen MR) is 120 cm³/mol. The fraction of sp³-hybridized carbons (Fsp3) is 0.208. The van der Waals surface area contributed by atoms with Gasteiger partial charge in [-0.3, -0.25) is 9.10 Å². The van der Waals surface area contributed by atoms with Crippen LogP contribution in [0.2, 0.25) is 0 Å². The summed E-state index contributed by atoms with van der Waals surface area (Å²) in [5.74, 6) is 0.451. The van der Waals surface area contributed by atoms with Crippen LogP contribution in [0, 0.1) is 5.82 Å². The number of fused-ring (bicyclic) bond motifs is 1. The molecule has 0 radical (unpaired) electrons. The van der Waals surface area contributed by atoms with Crippen molar-refractivity contribution in [3.63, 3.8) is 0 Å². The normalized spacial score (nSPS) is 15.2. The number of benzene rings is 3. The molecule has 33 heavy (non-hydrogen) atoms. The Morgan fingerprint density at radius 2 is 1.73 bits per heavy atom. The number of carbonyl (C=O) groups excluding carboxylic acids is 1. The Kier molecular flexibility index (Phi) is 5.41. The van der Waals surface area contributed by atoms with Crippen molar-refractivity contribution in [3.05, 3.63) is 78.1 Å². The second kappa shape index (κ2) is 8.40. The minimum absolute atomic E-state index is 0.00175. The number of nitrogens with zero attached hydrogens (tertiary/aromatic N) is 2. The molecule has 3 aromatic carbocycles. The molecule has 2 aliphatic heterocycles. The molecule has 0 spiro atoms. The molecule has 9 heteroatoms. The van der Waals surface area contributed by atoms with E-state index in [4.69, 9.17) is 9.47 Å². The highest BCUT2D eigenvalue weighted by Crippen LogP contribution is 2.35. The maximum atomic E-state index is 14.7. The number of ether oxygens (including phenoxy) is 2. The standard InChI is InChI=1S/C24H21FN2O5S/c25-20-4-1-2-5-21(20)27(15-17-7-12-22-23(14-17)32-16-31-22)33(29,30)19-10-8-18(9-11-19)26-13-3-6-24(26)28/h1-2,4-5,7-12,14H,3,6,13,15-16H2. The molecule has 0 saturated carbocycles. The van der Waals surface area contributed by atoms with Crippen LogP contribution in [0.25, 0.3) is 0 Å². The van der Waals surface area contributed by atoms with Crippen molar-refractivity contribution >= 4 is 27.3 Å². The molecular weight excluding hydrogens is 447 g/mol. The molecule has 0 unspecified atom stereocenters. The number of para-hydroxylation sites is 1. The van der Waals surface area contributed by atoms with Gasteiger partial charge in [-0.2, -0.15) is 0 Å². The van der Waals surface area contributed by atoms with Crippen molar-refractivity contribution < 1.29 is 27.1 Å². The van der Waals surface area contributed by atoms with E-state index in [1.165, 1.54) is 30.3 Å². The van der Waals surface area contributed by atoms with Gasteiger partial charge in [0, 0.05) is 18.7 Å². The Bertz CT molecular complexity index is 1310. The number of amides is 1. The van der Waals surface area contributed by atoms with Crippen LogP contribution in [0.1, 0.15) is 18.4 Å². The molecule has 0 aliphatic carbocycles. The van der Waals surface area contributed by atoms with Crippen molar-refractivity contribution in [3.8, 4) is 11.5 Å². The summed E-state index contributed by atoms with van der Waals surface area (Å²) in [6, 6.07) is 17.0. The molecule has 0 N–H and O–H groups in total. The van der Waals surface area contributed by atoms with Crippen LogP contribution < -0.4 is 18.7 Å². The summed E-state index contributed by atoms with van der Waals surface area (Å²) < 4.78 is 53.8. The summed E-state index contributed by atoms with van der Waals surface area (Å²) >= 11 is 0. The lowest BCUT2D eigenvalue weighted by molar-refractivity contribution is -0.117. The Hall–Kier alpha value is -3.59. The number of hydrogen-bond acceptors (Lipinski definition) is 5. The van der Waals surface area contributed by atoms with Gasteiger partial charge in [-0.15, -0.1) is 0 Å². The summed E-state index contributed by atoms with van der Waals surface area (Å²) in [5, 5.41) is 0. The van der Waals surface area contributed by atoms with Crippen molar-refractivity contribution in [1.29, 1.82) is 0 Å². The molecule has 7 nitrogen and oxygen atoms in total. The van der Waals surface area contributed by atoms with E-state index in [0.717, 1.165) is 10.7 Å². The highest BCUT2D eigenvalue weighted by molar-refractivity contribution is 7.92. The largest absolute Gasteiger partial charge is 0.454 e. The van der Waals surface area contributed by atoms with Gasteiger partial charge in [0.1, 0.15) is 5.82 Å². The second-order valence-electron chi connectivity index (χ2n) is 7.79. The van der Waals surface area contributed by atoms with E-state index in [0.29, 0.717) is 35.7 Å². The van der Waals surface area contributed by atoms with Crippen molar-refractivity contribution in [2.45, 2.75) is 24.3 Å². The maximum Gasteiger partial charge on any atom is 0.264 e. The van der Waals surface area contributed by atoms with Gasteiger partial charge in [-0.05, 0) is 60.5 Å². The zero-order valence-corrected chi connectivity index (χ0v) is 18.4. The highest BCUT2D eigenvalue weighted by atomic mass is 32.2. The van der Waals surface area contributed by atoms with Gasteiger partial charge in [0.2, 0.25) is 12.7 Å². The molecule has 0 bridgehead atoms. The molecule has 0 atom stereocenters. The van der Waals surface area contributed by atoms with E-state index in [1.54, 1.807) is 41.3 Å². The third-order valence-corrected chi connectivity index (χ3v) is 7.47. The van der Waals surface area contributed by atoms with E-state index >= 15 is 0 Å². The smallest absolute Gasteiger partial charge is 0.264 e. The van der Waals surface area contributed by atoms with Gasteiger partial charge < -0.3 is 14.4 Å². The quantitative estimate of drug-likeness (QED) is 0.545. The van der Waals surface area contributed by atoms with E-state index in [1.807, 2.05) is 0 Å². The Labute approximate surface area is 191 Å². The lowest BCUT2D eigenvalue weighted by atomic mass is 10.2. The Balaban J connectivity index is 1.51. The van der Waals surface area contributed by atoms with Crippen molar-refractivity contribution in [2.24, 2.45) is 0 Å². The van der Waals surface area contributed by atoms with Crippen LogP contribution in [0.3, 0.4) is 0 Å². The van der Waals surface area contributed by atoms with Crippen LogP contribution in [0.4, 0.5) is 15.8 Å². The molecule has 1 saturated heterocycles. The molecule has 3 aromatic rings. The number of rotatable bonds is 6. The second-order valence-corrected chi connectivity index (χ2v) is 9.66. The zero-order valence-electron chi connectivity index (χ0n) is 17.6. The SMILES string of the molecule is O=C1CCCN1c1ccc(S(=O)(=O)N(Cc2ccc3c(c2)OCO3)c2ccccc2F)cc1.